The fourth-order valence-electron chi connectivity index (χ4n) is 3.14. The maximum atomic E-state index is 10.0. The maximum absolute atomic E-state index is 10.0. The van der Waals surface area contributed by atoms with Crippen LogP contribution in [-0.2, 0) is 0 Å². The molecule has 2 N–H and O–H groups in total. The summed E-state index contributed by atoms with van der Waals surface area (Å²) in [5, 5.41) is 13.6. The van der Waals surface area contributed by atoms with E-state index in [9.17, 15) is 5.11 Å². The number of likely N-dealkylation sites (tertiary alicyclic amines) is 1. The van der Waals surface area contributed by atoms with Gasteiger partial charge < -0.3 is 15.3 Å². The first-order valence-corrected chi connectivity index (χ1v) is 7.81. The van der Waals surface area contributed by atoms with Gasteiger partial charge in [-0.05, 0) is 64.3 Å². The molecule has 2 atom stereocenters. The Bertz CT molecular complexity index is 459. The van der Waals surface area contributed by atoms with Gasteiger partial charge in [-0.2, -0.15) is 0 Å². The first kappa shape index (κ1) is 15.2. The standard InChI is InChI=1S/C17H28N2O/c1-5-19-10-6-7-15(11-19)14(4)18-16-9-8-12(2)17(20)13(16)3/h8-9,14-15,18,20H,5-7,10-11H2,1-4H3. The van der Waals surface area contributed by atoms with Gasteiger partial charge in [-0.25, -0.2) is 0 Å². The van der Waals surface area contributed by atoms with Crippen LogP contribution in [0.2, 0.25) is 0 Å². The summed E-state index contributed by atoms with van der Waals surface area (Å²) in [5.41, 5.74) is 2.96. The molecule has 0 saturated carbocycles. The quantitative estimate of drug-likeness (QED) is 0.883. The number of phenolic OH excluding ortho intramolecular Hbond substituents is 1. The molecule has 2 rings (SSSR count). The number of rotatable bonds is 4. The van der Waals surface area contributed by atoms with Crippen LogP contribution in [0.1, 0.15) is 37.8 Å². The fourth-order valence-corrected chi connectivity index (χ4v) is 3.14. The lowest BCUT2D eigenvalue weighted by molar-refractivity contribution is 0.172. The van der Waals surface area contributed by atoms with E-state index in [2.05, 4.69) is 30.1 Å². The zero-order valence-electron chi connectivity index (χ0n) is 13.2. The summed E-state index contributed by atoms with van der Waals surface area (Å²) < 4.78 is 0. The van der Waals surface area contributed by atoms with Gasteiger partial charge in [0.25, 0.3) is 0 Å². The zero-order valence-corrected chi connectivity index (χ0v) is 13.2. The molecule has 112 valence electrons. The molecule has 0 bridgehead atoms. The number of piperidine rings is 1. The molecule has 0 spiro atoms. The summed E-state index contributed by atoms with van der Waals surface area (Å²) in [6.07, 6.45) is 2.59. The number of phenols is 1. The number of aromatic hydroxyl groups is 1. The van der Waals surface area contributed by atoms with Crippen molar-refractivity contribution in [3.8, 4) is 5.75 Å². The maximum Gasteiger partial charge on any atom is 0.123 e. The number of nitrogens with zero attached hydrogens (tertiary/aromatic N) is 1. The highest BCUT2D eigenvalue weighted by atomic mass is 16.3. The minimum atomic E-state index is 0.418. The first-order chi connectivity index (χ1) is 9.52. The monoisotopic (exact) mass is 276 g/mol. The molecule has 3 heteroatoms. The molecule has 1 aliphatic heterocycles. The van der Waals surface area contributed by atoms with Crippen LogP contribution in [0.15, 0.2) is 12.1 Å². The lowest BCUT2D eigenvalue weighted by Gasteiger charge is -2.36. The molecule has 20 heavy (non-hydrogen) atoms. The van der Waals surface area contributed by atoms with Crippen molar-refractivity contribution in [2.75, 3.05) is 25.0 Å². The number of anilines is 1. The third-order valence-corrected chi connectivity index (χ3v) is 4.71. The van der Waals surface area contributed by atoms with Gasteiger partial charge in [0.1, 0.15) is 5.75 Å². The summed E-state index contributed by atoms with van der Waals surface area (Å²) in [6.45, 7) is 12.0. The van der Waals surface area contributed by atoms with Crippen molar-refractivity contribution in [3.63, 3.8) is 0 Å². The summed E-state index contributed by atoms with van der Waals surface area (Å²) in [5.74, 6) is 1.10. The Labute approximate surface area is 123 Å². The average molecular weight is 276 g/mol. The van der Waals surface area contributed by atoms with Crippen molar-refractivity contribution in [2.24, 2.45) is 5.92 Å². The molecule has 1 aromatic carbocycles. The molecule has 1 aromatic rings. The highest BCUT2D eigenvalue weighted by Gasteiger charge is 2.24. The molecular weight excluding hydrogens is 248 g/mol. The molecule has 3 nitrogen and oxygen atoms in total. The lowest BCUT2D eigenvalue weighted by Crippen LogP contribution is -2.41. The van der Waals surface area contributed by atoms with Gasteiger partial charge in [0.2, 0.25) is 0 Å². The number of benzene rings is 1. The Morgan fingerprint density at radius 2 is 2.15 bits per heavy atom. The molecule has 1 fully saturated rings. The smallest absolute Gasteiger partial charge is 0.123 e. The molecule has 0 aliphatic carbocycles. The summed E-state index contributed by atoms with van der Waals surface area (Å²) in [7, 11) is 0. The average Bonchev–Trinajstić information content (AvgIpc) is 2.48. The van der Waals surface area contributed by atoms with Crippen LogP contribution in [0.25, 0.3) is 0 Å². The minimum absolute atomic E-state index is 0.418. The van der Waals surface area contributed by atoms with Crippen LogP contribution in [-0.4, -0.2) is 35.7 Å². The van der Waals surface area contributed by atoms with Crippen molar-refractivity contribution in [3.05, 3.63) is 23.3 Å². The molecule has 1 aliphatic rings. The van der Waals surface area contributed by atoms with Crippen molar-refractivity contribution in [2.45, 2.75) is 46.6 Å². The molecule has 1 saturated heterocycles. The van der Waals surface area contributed by atoms with E-state index in [4.69, 9.17) is 0 Å². The Morgan fingerprint density at radius 1 is 1.40 bits per heavy atom. The molecule has 0 aromatic heterocycles. The van der Waals surface area contributed by atoms with Crippen LogP contribution in [0.3, 0.4) is 0 Å². The van der Waals surface area contributed by atoms with Gasteiger partial charge in [-0.15, -0.1) is 0 Å². The zero-order chi connectivity index (χ0) is 14.7. The summed E-state index contributed by atoms with van der Waals surface area (Å²) in [6, 6.07) is 4.50. The highest BCUT2D eigenvalue weighted by Crippen LogP contribution is 2.30. The Hall–Kier alpha value is -1.22. The van der Waals surface area contributed by atoms with Gasteiger partial charge in [0.15, 0.2) is 0 Å². The van der Waals surface area contributed by atoms with E-state index in [-0.39, 0.29) is 0 Å². The van der Waals surface area contributed by atoms with Crippen molar-refractivity contribution in [1.82, 2.24) is 4.90 Å². The van der Waals surface area contributed by atoms with E-state index in [1.54, 1.807) is 0 Å². The lowest BCUT2D eigenvalue weighted by atomic mass is 9.91. The van der Waals surface area contributed by atoms with Gasteiger partial charge in [0, 0.05) is 23.8 Å². The Balaban J connectivity index is 2.04. The summed E-state index contributed by atoms with van der Waals surface area (Å²) >= 11 is 0. The summed E-state index contributed by atoms with van der Waals surface area (Å²) in [4.78, 5) is 2.53. The van der Waals surface area contributed by atoms with Crippen molar-refractivity contribution < 1.29 is 5.11 Å². The Morgan fingerprint density at radius 3 is 2.85 bits per heavy atom. The third-order valence-electron chi connectivity index (χ3n) is 4.71. The van der Waals surface area contributed by atoms with Gasteiger partial charge in [0.05, 0.1) is 0 Å². The number of nitrogens with one attached hydrogen (secondary N) is 1. The first-order valence-electron chi connectivity index (χ1n) is 7.81. The topological polar surface area (TPSA) is 35.5 Å². The van der Waals surface area contributed by atoms with E-state index in [1.165, 1.54) is 25.9 Å². The van der Waals surface area contributed by atoms with Gasteiger partial charge in [-0.1, -0.05) is 13.0 Å². The van der Waals surface area contributed by atoms with Gasteiger partial charge >= 0.3 is 0 Å². The van der Waals surface area contributed by atoms with Crippen LogP contribution in [0.5, 0.6) is 5.75 Å². The van der Waals surface area contributed by atoms with E-state index < -0.39 is 0 Å². The highest BCUT2D eigenvalue weighted by molar-refractivity contribution is 5.59. The van der Waals surface area contributed by atoms with E-state index in [0.29, 0.717) is 17.7 Å². The van der Waals surface area contributed by atoms with Crippen LogP contribution < -0.4 is 5.32 Å². The second kappa shape index (κ2) is 6.49. The second-order valence-electron chi connectivity index (χ2n) is 6.13. The van der Waals surface area contributed by atoms with Crippen LogP contribution in [0, 0.1) is 19.8 Å². The third kappa shape index (κ3) is 3.26. The van der Waals surface area contributed by atoms with Crippen molar-refractivity contribution >= 4 is 5.69 Å². The van der Waals surface area contributed by atoms with E-state index in [0.717, 1.165) is 23.4 Å². The molecule has 0 radical (unpaired) electrons. The molecule has 0 amide bonds. The molecular formula is C17H28N2O. The van der Waals surface area contributed by atoms with Crippen LogP contribution in [0.4, 0.5) is 5.69 Å². The molecule has 2 unspecified atom stereocenters. The fraction of sp³-hybridized carbons (Fsp3) is 0.647. The largest absolute Gasteiger partial charge is 0.507 e. The minimum Gasteiger partial charge on any atom is -0.507 e. The Kier molecular flexibility index (Phi) is 4.92. The number of hydrogen-bond acceptors (Lipinski definition) is 3. The van der Waals surface area contributed by atoms with Gasteiger partial charge in [-0.3, -0.25) is 0 Å². The van der Waals surface area contributed by atoms with Crippen LogP contribution >= 0.6 is 0 Å². The van der Waals surface area contributed by atoms with E-state index in [1.807, 2.05) is 19.9 Å². The number of hydrogen-bond donors (Lipinski definition) is 2. The van der Waals surface area contributed by atoms with Crippen molar-refractivity contribution in [1.29, 1.82) is 0 Å². The predicted octanol–water partition coefficient (Wildman–Crippen LogP) is 3.54. The SMILES string of the molecule is CCN1CCCC(C(C)Nc2ccc(C)c(O)c2C)C1. The normalized spacial score (nSPS) is 21.7. The number of aryl methyl sites for hydroxylation is 1. The van der Waals surface area contributed by atoms with E-state index >= 15 is 0 Å². The predicted molar refractivity (Wildman–Crippen MR) is 85.5 cm³/mol. The molecule has 1 heterocycles. The second-order valence-corrected chi connectivity index (χ2v) is 6.13.